The first-order valence-corrected chi connectivity index (χ1v) is 6.37. The topological polar surface area (TPSA) is 12.0 Å². The molecular formula is C15H20FN. The Balaban J connectivity index is 1.74. The van der Waals surface area contributed by atoms with E-state index in [1.165, 1.54) is 24.5 Å². The molecule has 17 heavy (non-hydrogen) atoms. The van der Waals surface area contributed by atoms with E-state index in [-0.39, 0.29) is 5.82 Å². The summed E-state index contributed by atoms with van der Waals surface area (Å²) in [5, 5.41) is 3.48. The normalized spacial score (nSPS) is 16.2. The van der Waals surface area contributed by atoms with E-state index in [4.69, 9.17) is 0 Å². The lowest BCUT2D eigenvalue weighted by Crippen LogP contribution is -2.16. The molecule has 1 aliphatic rings. The van der Waals surface area contributed by atoms with Crippen molar-refractivity contribution in [2.45, 2.75) is 38.6 Å². The SMILES string of the molecule is C/C(=C/CCNC1CC1)Cc1cccc(F)c1. The molecule has 0 amide bonds. The Hall–Kier alpha value is -1.15. The van der Waals surface area contributed by atoms with Crippen LogP contribution in [0.15, 0.2) is 35.9 Å². The molecule has 2 rings (SSSR count). The van der Waals surface area contributed by atoms with E-state index in [1.54, 1.807) is 12.1 Å². The minimum atomic E-state index is -0.147. The Morgan fingerprint density at radius 1 is 1.47 bits per heavy atom. The monoisotopic (exact) mass is 233 g/mol. The van der Waals surface area contributed by atoms with Crippen LogP contribution in [0.4, 0.5) is 4.39 Å². The number of halogens is 1. The lowest BCUT2D eigenvalue weighted by Gasteiger charge is -2.03. The summed E-state index contributed by atoms with van der Waals surface area (Å²) in [6.07, 6.45) is 6.84. The molecule has 0 radical (unpaired) electrons. The zero-order valence-corrected chi connectivity index (χ0v) is 10.4. The molecule has 2 heteroatoms. The van der Waals surface area contributed by atoms with Gasteiger partial charge in [0.2, 0.25) is 0 Å². The largest absolute Gasteiger partial charge is 0.314 e. The van der Waals surface area contributed by atoms with Gasteiger partial charge in [-0.05, 0) is 56.8 Å². The number of hydrogen-bond donors (Lipinski definition) is 1. The minimum Gasteiger partial charge on any atom is -0.314 e. The van der Waals surface area contributed by atoms with Crippen LogP contribution < -0.4 is 5.32 Å². The maximum absolute atomic E-state index is 13.0. The Bertz CT molecular complexity index is 394. The van der Waals surface area contributed by atoms with E-state index in [1.807, 2.05) is 6.07 Å². The van der Waals surface area contributed by atoms with Gasteiger partial charge in [0.25, 0.3) is 0 Å². The van der Waals surface area contributed by atoms with Gasteiger partial charge in [0, 0.05) is 6.04 Å². The smallest absolute Gasteiger partial charge is 0.123 e. The summed E-state index contributed by atoms with van der Waals surface area (Å²) in [5.41, 5.74) is 2.36. The van der Waals surface area contributed by atoms with E-state index in [0.29, 0.717) is 0 Å². The first-order chi connectivity index (χ1) is 8.24. The fourth-order valence-corrected chi connectivity index (χ4v) is 1.93. The Morgan fingerprint density at radius 2 is 2.29 bits per heavy atom. The Morgan fingerprint density at radius 3 is 3.00 bits per heavy atom. The first-order valence-electron chi connectivity index (χ1n) is 6.37. The predicted molar refractivity (Wildman–Crippen MR) is 69.5 cm³/mol. The van der Waals surface area contributed by atoms with Crippen molar-refractivity contribution in [3.8, 4) is 0 Å². The summed E-state index contributed by atoms with van der Waals surface area (Å²) in [5.74, 6) is -0.147. The Kier molecular flexibility index (Phi) is 4.32. The number of nitrogens with one attached hydrogen (secondary N) is 1. The maximum atomic E-state index is 13.0. The highest BCUT2D eigenvalue weighted by molar-refractivity contribution is 5.21. The number of allylic oxidation sites excluding steroid dienone is 1. The van der Waals surface area contributed by atoms with Crippen LogP contribution in [0.5, 0.6) is 0 Å². The highest BCUT2D eigenvalue weighted by Crippen LogP contribution is 2.18. The van der Waals surface area contributed by atoms with Crippen molar-refractivity contribution >= 4 is 0 Å². The van der Waals surface area contributed by atoms with Gasteiger partial charge < -0.3 is 5.32 Å². The number of benzene rings is 1. The second kappa shape index (κ2) is 5.97. The fourth-order valence-electron chi connectivity index (χ4n) is 1.93. The summed E-state index contributed by atoms with van der Waals surface area (Å²) in [6, 6.07) is 7.63. The summed E-state index contributed by atoms with van der Waals surface area (Å²) in [7, 11) is 0. The second-order valence-corrected chi connectivity index (χ2v) is 4.87. The fraction of sp³-hybridized carbons (Fsp3) is 0.467. The molecule has 0 spiro atoms. The van der Waals surface area contributed by atoms with Gasteiger partial charge in [-0.25, -0.2) is 4.39 Å². The molecule has 0 aromatic heterocycles. The lowest BCUT2D eigenvalue weighted by molar-refractivity contribution is 0.626. The third-order valence-electron chi connectivity index (χ3n) is 3.02. The van der Waals surface area contributed by atoms with Gasteiger partial charge in [-0.1, -0.05) is 23.8 Å². The molecule has 1 aromatic carbocycles. The van der Waals surface area contributed by atoms with Gasteiger partial charge in [0.1, 0.15) is 5.82 Å². The van der Waals surface area contributed by atoms with Crippen LogP contribution in [0, 0.1) is 5.82 Å². The molecule has 1 aromatic rings. The number of rotatable bonds is 6. The van der Waals surface area contributed by atoms with Gasteiger partial charge in [0.15, 0.2) is 0 Å². The number of hydrogen-bond acceptors (Lipinski definition) is 1. The molecule has 0 bridgehead atoms. The van der Waals surface area contributed by atoms with E-state index in [0.717, 1.165) is 31.0 Å². The van der Waals surface area contributed by atoms with Gasteiger partial charge in [0.05, 0.1) is 0 Å². The Labute approximate surface area is 103 Å². The van der Waals surface area contributed by atoms with Crippen LogP contribution in [0.3, 0.4) is 0 Å². The van der Waals surface area contributed by atoms with Crippen LogP contribution in [-0.4, -0.2) is 12.6 Å². The van der Waals surface area contributed by atoms with Crippen molar-refractivity contribution in [2.75, 3.05) is 6.54 Å². The zero-order chi connectivity index (χ0) is 12.1. The molecule has 1 saturated carbocycles. The summed E-state index contributed by atoms with van der Waals surface area (Å²) < 4.78 is 13.0. The standard InChI is InChI=1S/C15H20FN/c1-12(4-3-9-17-15-7-8-15)10-13-5-2-6-14(16)11-13/h2,4-6,11,15,17H,3,7-10H2,1H3/b12-4-. The lowest BCUT2D eigenvalue weighted by atomic mass is 10.1. The van der Waals surface area contributed by atoms with Crippen molar-refractivity contribution in [2.24, 2.45) is 0 Å². The predicted octanol–water partition coefficient (Wildman–Crippen LogP) is 3.46. The average molecular weight is 233 g/mol. The van der Waals surface area contributed by atoms with Gasteiger partial charge >= 0.3 is 0 Å². The van der Waals surface area contributed by atoms with Crippen LogP contribution in [-0.2, 0) is 6.42 Å². The molecule has 0 saturated heterocycles. The van der Waals surface area contributed by atoms with Crippen molar-refractivity contribution in [3.63, 3.8) is 0 Å². The van der Waals surface area contributed by atoms with Gasteiger partial charge in [-0.15, -0.1) is 0 Å². The second-order valence-electron chi connectivity index (χ2n) is 4.87. The van der Waals surface area contributed by atoms with E-state index >= 15 is 0 Å². The molecule has 1 N–H and O–H groups in total. The quantitative estimate of drug-likeness (QED) is 0.586. The highest BCUT2D eigenvalue weighted by Gasteiger charge is 2.19. The molecular weight excluding hydrogens is 213 g/mol. The summed E-state index contributed by atoms with van der Waals surface area (Å²) >= 11 is 0. The van der Waals surface area contributed by atoms with Crippen LogP contribution in [0.1, 0.15) is 31.7 Å². The van der Waals surface area contributed by atoms with E-state index < -0.39 is 0 Å². The van der Waals surface area contributed by atoms with Crippen LogP contribution >= 0.6 is 0 Å². The van der Waals surface area contributed by atoms with Crippen molar-refractivity contribution in [1.29, 1.82) is 0 Å². The zero-order valence-electron chi connectivity index (χ0n) is 10.4. The maximum Gasteiger partial charge on any atom is 0.123 e. The van der Waals surface area contributed by atoms with Crippen molar-refractivity contribution in [3.05, 3.63) is 47.3 Å². The molecule has 1 aliphatic carbocycles. The molecule has 1 nitrogen and oxygen atoms in total. The third kappa shape index (κ3) is 4.70. The van der Waals surface area contributed by atoms with E-state index in [2.05, 4.69) is 18.3 Å². The van der Waals surface area contributed by atoms with Gasteiger partial charge in [-0.2, -0.15) is 0 Å². The third-order valence-corrected chi connectivity index (χ3v) is 3.02. The molecule has 0 heterocycles. The molecule has 1 fully saturated rings. The van der Waals surface area contributed by atoms with Crippen molar-refractivity contribution in [1.82, 2.24) is 5.32 Å². The molecule has 92 valence electrons. The average Bonchev–Trinajstić information content (AvgIpc) is 3.08. The summed E-state index contributed by atoms with van der Waals surface area (Å²) in [6.45, 7) is 3.17. The minimum absolute atomic E-state index is 0.147. The van der Waals surface area contributed by atoms with Crippen LogP contribution in [0.25, 0.3) is 0 Å². The summed E-state index contributed by atoms with van der Waals surface area (Å²) in [4.78, 5) is 0. The van der Waals surface area contributed by atoms with Gasteiger partial charge in [-0.3, -0.25) is 0 Å². The molecule has 0 atom stereocenters. The first kappa shape index (κ1) is 12.3. The van der Waals surface area contributed by atoms with Crippen LogP contribution in [0.2, 0.25) is 0 Å². The van der Waals surface area contributed by atoms with E-state index in [9.17, 15) is 4.39 Å². The highest BCUT2D eigenvalue weighted by atomic mass is 19.1. The van der Waals surface area contributed by atoms with Crippen molar-refractivity contribution < 1.29 is 4.39 Å². The molecule has 0 unspecified atom stereocenters. The molecule has 0 aliphatic heterocycles.